The van der Waals surface area contributed by atoms with E-state index in [4.69, 9.17) is 5.11 Å². The fourth-order valence-corrected chi connectivity index (χ4v) is 1.33. The third kappa shape index (κ3) is 5.78. The van der Waals surface area contributed by atoms with Crippen molar-refractivity contribution in [3.63, 3.8) is 0 Å². The smallest absolute Gasteiger partial charge is 0.309 e. The van der Waals surface area contributed by atoms with Crippen molar-refractivity contribution in [2.75, 3.05) is 20.1 Å². The Hall–Kier alpha value is -0.570. The molecule has 3 heteroatoms. The zero-order valence-electron chi connectivity index (χ0n) is 10.7. The van der Waals surface area contributed by atoms with Crippen molar-refractivity contribution in [1.82, 2.24) is 4.90 Å². The molecule has 0 radical (unpaired) electrons. The van der Waals surface area contributed by atoms with E-state index in [1.54, 1.807) is 13.8 Å². The zero-order chi connectivity index (χ0) is 12.1. The van der Waals surface area contributed by atoms with Crippen molar-refractivity contribution in [2.24, 2.45) is 11.3 Å². The lowest BCUT2D eigenvalue weighted by atomic mass is 9.89. The van der Waals surface area contributed by atoms with Gasteiger partial charge in [-0.2, -0.15) is 0 Å². The van der Waals surface area contributed by atoms with Crippen LogP contribution >= 0.6 is 0 Å². The van der Waals surface area contributed by atoms with Gasteiger partial charge in [-0.3, -0.25) is 4.79 Å². The minimum Gasteiger partial charge on any atom is -0.481 e. The first-order valence-corrected chi connectivity index (χ1v) is 5.71. The first-order valence-electron chi connectivity index (χ1n) is 5.71. The van der Waals surface area contributed by atoms with E-state index in [-0.39, 0.29) is 0 Å². The normalized spacial score (nSPS) is 14.3. The Labute approximate surface area is 93.5 Å². The molecule has 0 aliphatic rings. The second-order valence-corrected chi connectivity index (χ2v) is 5.21. The highest BCUT2D eigenvalue weighted by atomic mass is 16.4. The van der Waals surface area contributed by atoms with Crippen LogP contribution in [0.2, 0.25) is 0 Å². The van der Waals surface area contributed by atoms with E-state index in [0.717, 1.165) is 13.1 Å². The molecule has 0 saturated heterocycles. The first-order chi connectivity index (χ1) is 6.79. The van der Waals surface area contributed by atoms with E-state index in [1.807, 2.05) is 0 Å². The quantitative estimate of drug-likeness (QED) is 0.709. The Balaban J connectivity index is 3.90. The molecule has 0 aromatic heterocycles. The van der Waals surface area contributed by atoms with Gasteiger partial charge in [0.25, 0.3) is 0 Å². The van der Waals surface area contributed by atoms with E-state index in [0.29, 0.717) is 12.3 Å². The van der Waals surface area contributed by atoms with Gasteiger partial charge >= 0.3 is 5.97 Å². The van der Waals surface area contributed by atoms with Crippen molar-refractivity contribution in [1.29, 1.82) is 0 Å². The van der Waals surface area contributed by atoms with Gasteiger partial charge in [-0.05, 0) is 39.8 Å². The molecule has 0 aliphatic heterocycles. The van der Waals surface area contributed by atoms with Crippen LogP contribution in [0.3, 0.4) is 0 Å². The number of hydrogen-bond acceptors (Lipinski definition) is 2. The van der Waals surface area contributed by atoms with Crippen LogP contribution in [-0.4, -0.2) is 36.1 Å². The summed E-state index contributed by atoms with van der Waals surface area (Å²) in [4.78, 5) is 13.1. The molecule has 0 heterocycles. The minimum absolute atomic E-state index is 0.607. The summed E-state index contributed by atoms with van der Waals surface area (Å²) in [6, 6.07) is 0. The van der Waals surface area contributed by atoms with E-state index in [9.17, 15) is 4.79 Å². The van der Waals surface area contributed by atoms with Crippen LogP contribution in [0.25, 0.3) is 0 Å². The minimum atomic E-state index is -0.709. The van der Waals surface area contributed by atoms with Gasteiger partial charge in [0.05, 0.1) is 5.41 Å². The fraction of sp³-hybridized carbons (Fsp3) is 0.917. The maximum absolute atomic E-state index is 10.9. The third-order valence-electron chi connectivity index (χ3n) is 3.02. The largest absolute Gasteiger partial charge is 0.481 e. The number of rotatable bonds is 7. The summed E-state index contributed by atoms with van der Waals surface area (Å²) in [7, 11) is 2.06. The van der Waals surface area contributed by atoms with Gasteiger partial charge in [0, 0.05) is 6.54 Å². The highest BCUT2D eigenvalue weighted by molar-refractivity contribution is 5.73. The lowest BCUT2D eigenvalue weighted by molar-refractivity contribution is -0.147. The predicted octanol–water partition coefficient (Wildman–Crippen LogP) is 2.47. The molecule has 0 aromatic carbocycles. The monoisotopic (exact) mass is 215 g/mol. The molecule has 0 spiro atoms. The van der Waals surface area contributed by atoms with Crippen LogP contribution in [0.4, 0.5) is 0 Å². The van der Waals surface area contributed by atoms with Gasteiger partial charge in [-0.25, -0.2) is 0 Å². The zero-order valence-corrected chi connectivity index (χ0v) is 10.7. The summed E-state index contributed by atoms with van der Waals surface area (Å²) >= 11 is 0. The molecule has 1 N–H and O–H groups in total. The molecule has 90 valence electrons. The van der Waals surface area contributed by atoms with Crippen molar-refractivity contribution >= 4 is 5.97 Å². The van der Waals surface area contributed by atoms with Gasteiger partial charge in [-0.15, -0.1) is 0 Å². The Bertz CT molecular complexity index is 202. The van der Waals surface area contributed by atoms with Crippen LogP contribution in [0.15, 0.2) is 0 Å². The summed E-state index contributed by atoms with van der Waals surface area (Å²) in [6.07, 6.45) is 1.88. The highest BCUT2D eigenvalue weighted by Crippen LogP contribution is 2.20. The van der Waals surface area contributed by atoms with Gasteiger partial charge in [-0.1, -0.05) is 20.3 Å². The van der Waals surface area contributed by atoms with Crippen LogP contribution in [0, 0.1) is 11.3 Å². The van der Waals surface area contributed by atoms with E-state index in [1.165, 1.54) is 6.42 Å². The molecule has 0 rings (SSSR count). The lowest BCUT2D eigenvalue weighted by Gasteiger charge is -2.25. The summed E-state index contributed by atoms with van der Waals surface area (Å²) in [6.45, 7) is 9.87. The number of aliphatic carboxylic acids is 1. The van der Waals surface area contributed by atoms with Crippen molar-refractivity contribution < 1.29 is 9.90 Å². The summed E-state index contributed by atoms with van der Waals surface area (Å²) < 4.78 is 0. The van der Waals surface area contributed by atoms with E-state index >= 15 is 0 Å². The van der Waals surface area contributed by atoms with Gasteiger partial charge in [0.15, 0.2) is 0 Å². The molecular formula is C12H25NO2. The molecule has 0 bridgehead atoms. The van der Waals surface area contributed by atoms with Crippen LogP contribution in [0.5, 0.6) is 0 Å². The van der Waals surface area contributed by atoms with E-state index < -0.39 is 11.4 Å². The maximum Gasteiger partial charge on any atom is 0.309 e. The Kier molecular flexibility index (Phi) is 5.88. The second kappa shape index (κ2) is 6.11. The number of hydrogen-bond donors (Lipinski definition) is 1. The molecule has 0 aromatic rings. The van der Waals surface area contributed by atoms with E-state index in [2.05, 4.69) is 25.8 Å². The third-order valence-corrected chi connectivity index (χ3v) is 3.02. The average Bonchev–Trinajstić information content (AvgIpc) is 2.14. The SMILES string of the molecule is CCC(C)CN(C)CCC(C)(C)C(=O)O. The molecule has 0 aliphatic carbocycles. The summed E-state index contributed by atoms with van der Waals surface area (Å²) in [5.41, 5.74) is -0.607. The number of nitrogens with zero attached hydrogens (tertiary/aromatic N) is 1. The number of carbonyl (C=O) groups is 1. The Morgan fingerprint density at radius 2 is 2.00 bits per heavy atom. The second-order valence-electron chi connectivity index (χ2n) is 5.21. The molecule has 3 nitrogen and oxygen atoms in total. The Morgan fingerprint density at radius 1 is 1.47 bits per heavy atom. The molecule has 0 saturated carbocycles. The van der Waals surface area contributed by atoms with Gasteiger partial charge in [0.2, 0.25) is 0 Å². The number of carboxylic acids is 1. The fourth-order valence-electron chi connectivity index (χ4n) is 1.33. The summed E-state index contributed by atoms with van der Waals surface area (Å²) in [5, 5.41) is 8.96. The molecule has 0 fully saturated rings. The average molecular weight is 215 g/mol. The van der Waals surface area contributed by atoms with Gasteiger partial charge in [0.1, 0.15) is 0 Å². The van der Waals surface area contributed by atoms with Crippen LogP contribution in [0.1, 0.15) is 40.5 Å². The molecule has 0 amide bonds. The molecule has 15 heavy (non-hydrogen) atoms. The van der Waals surface area contributed by atoms with Crippen LogP contribution < -0.4 is 0 Å². The van der Waals surface area contributed by atoms with Crippen LogP contribution in [-0.2, 0) is 4.79 Å². The maximum atomic E-state index is 10.9. The Morgan fingerprint density at radius 3 is 2.40 bits per heavy atom. The first kappa shape index (κ1) is 14.4. The van der Waals surface area contributed by atoms with Crippen molar-refractivity contribution in [3.8, 4) is 0 Å². The highest BCUT2D eigenvalue weighted by Gasteiger charge is 2.26. The van der Waals surface area contributed by atoms with Crippen molar-refractivity contribution in [2.45, 2.75) is 40.5 Å². The molecule has 1 unspecified atom stereocenters. The van der Waals surface area contributed by atoms with Gasteiger partial charge < -0.3 is 10.0 Å². The topological polar surface area (TPSA) is 40.5 Å². The molecule has 1 atom stereocenters. The summed E-state index contributed by atoms with van der Waals surface area (Å²) in [5.74, 6) is -0.0256. The van der Waals surface area contributed by atoms with Crippen molar-refractivity contribution in [3.05, 3.63) is 0 Å². The molecular weight excluding hydrogens is 190 g/mol. The lowest BCUT2D eigenvalue weighted by Crippen LogP contribution is -2.32. The predicted molar refractivity (Wildman–Crippen MR) is 63.0 cm³/mol. The number of carboxylic acid groups (broad SMARTS) is 1. The standard InChI is InChI=1S/C12H25NO2/c1-6-10(2)9-13(5)8-7-12(3,4)11(14)15/h10H,6-9H2,1-5H3,(H,14,15).